The third kappa shape index (κ3) is 4.90. The summed E-state index contributed by atoms with van der Waals surface area (Å²) in [7, 11) is -3.82. The van der Waals surface area contributed by atoms with Crippen LogP contribution in [0.1, 0.15) is 29.8 Å². The lowest BCUT2D eigenvalue weighted by molar-refractivity contribution is -0.124. The fourth-order valence-electron chi connectivity index (χ4n) is 4.20. The van der Waals surface area contributed by atoms with E-state index in [4.69, 9.17) is 23.2 Å². The topological polar surface area (TPSA) is 83.8 Å². The molecule has 2 heterocycles. The van der Waals surface area contributed by atoms with Crippen molar-refractivity contribution in [3.8, 4) is 5.69 Å². The summed E-state index contributed by atoms with van der Waals surface area (Å²) >= 11 is 12.0. The summed E-state index contributed by atoms with van der Waals surface area (Å²) in [6.07, 6.45) is 2.58. The van der Waals surface area contributed by atoms with Gasteiger partial charge in [-0.05, 0) is 75.2 Å². The fraction of sp³-hybridized carbons (Fsp3) is 0.250. The van der Waals surface area contributed by atoms with Crippen molar-refractivity contribution in [2.75, 3.05) is 6.54 Å². The van der Waals surface area contributed by atoms with E-state index in [1.165, 1.54) is 28.6 Å². The van der Waals surface area contributed by atoms with Gasteiger partial charge in [0.15, 0.2) is 0 Å². The Hall–Kier alpha value is -2.65. The second-order valence-corrected chi connectivity index (χ2v) is 10.9. The van der Waals surface area contributed by atoms with E-state index in [0.717, 1.165) is 22.6 Å². The second-order valence-electron chi connectivity index (χ2n) is 8.10. The average molecular weight is 519 g/mol. The number of nitrogens with zero attached hydrogens (tertiary/aromatic N) is 3. The van der Waals surface area contributed by atoms with Crippen LogP contribution in [-0.4, -0.2) is 42.0 Å². The van der Waals surface area contributed by atoms with Crippen molar-refractivity contribution in [3.63, 3.8) is 0 Å². The molecule has 0 aliphatic carbocycles. The van der Waals surface area contributed by atoms with Crippen LogP contribution < -0.4 is 5.43 Å². The SMILES string of the molecule is Cc1cc(/C=N\NC(=O)[C@@H]2CCCN2S(=O)(=O)c2ccc(Cl)cc2)c(C)n1-c1cccc(Cl)c1. The number of rotatable bonds is 6. The van der Waals surface area contributed by atoms with Gasteiger partial charge in [0, 0.05) is 39.2 Å². The van der Waals surface area contributed by atoms with Crippen LogP contribution in [-0.2, 0) is 14.8 Å². The highest BCUT2D eigenvalue weighted by molar-refractivity contribution is 7.89. The monoisotopic (exact) mass is 518 g/mol. The Morgan fingerprint density at radius 2 is 1.82 bits per heavy atom. The van der Waals surface area contributed by atoms with Crippen molar-refractivity contribution in [3.05, 3.63) is 81.6 Å². The van der Waals surface area contributed by atoms with Gasteiger partial charge in [-0.2, -0.15) is 9.41 Å². The summed E-state index contributed by atoms with van der Waals surface area (Å²) in [5.41, 5.74) is 6.20. The van der Waals surface area contributed by atoms with Crippen LogP contribution in [0, 0.1) is 13.8 Å². The predicted molar refractivity (Wildman–Crippen MR) is 134 cm³/mol. The van der Waals surface area contributed by atoms with Crippen LogP contribution in [0.25, 0.3) is 5.69 Å². The molecule has 178 valence electrons. The lowest BCUT2D eigenvalue weighted by Gasteiger charge is -2.22. The maximum absolute atomic E-state index is 13.1. The van der Waals surface area contributed by atoms with E-state index in [1.807, 2.05) is 48.7 Å². The highest BCUT2D eigenvalue weighted by Crippen LogP contribution is 2.27. The predicted octanol–water partition coefficient (Wildman–Crippen LogP) is 4.70. The molecule has 0 spiro atoms. The van der Waals surface area contributed by atoms with E-state index in [1.54, 1.807) is 6.21 Å². The van der Waals surface area contributed by atoms with Crippen molar-refractivity contribution in [1.29, 1.82) is 0 Å². The molecule has 2 aromatic carbocycles. The number of sulfonamides is 1. The van der Waals surface area contributed by atoms with Crippen LogP contribution in [0.15, 0.2) is 64.6 Å². The number of benzene rings is 2. The Kier molecular flexibility index (Phi) is 7.14. The van der Waals surface area contributed by atoms with Crippen LogP contribution in [0.5, 0.6) is 0 Å². The highest BCUT2D eigenvalue weighted by Gasteiger charge is 2.39. The summed E-state index contributed by atoms with van der Waals surface area (Å²) in [5, 5.41) is 5.19. The minimum absolute atomic E-state index is 0.105. The molecule has 1 atom stereocenters. The van der Waals surface area contributed by atoms with Gasteiger partial charge >= 0.3 is 0 Å². The third-order valence-corrected chi connectivity index (χ3v) is 8.25. The molecule has 1 saturated heterocycles. The molecule has 0 bridgehead atoms. The van der Waals surface area contributed by atoms with Gasteiger partial charge in [0.1, 0.15) is 6.04 Å². The van der Waals surface area contributed by atoms with E-state index in [9.17, 15) is 13.2 Å². The molecular weight excluding hydrogens is 495 g/mol. The van der Waals surface area contributed by atoms with Gasteiger partial charge in [0.05, 0.1) is 11.1 Å². The van der Waals surface area contributed by atoms with E-state index < -0.39 is 22.0 Å². The number of carbonyl (C=O) groups is 1. The number of carbonyl (C=O) groups excluding carboxylic acids is 1. The third-order valence-electron chi connectivity index (χ3n) is 5.84. The lowest BCUT2D eigenvalue weighted by atomic mass is 10.2. The number of aryl methyl sites for hydroxylation is 1. The smallest absolute Gasteiger partial charge is 0.258 e. The first kappa shape index (κ1) is 24.5. The maximum atomic E-state index is 13.1. The summed E-state index contributed by atoms with van der Waals surface area (Å²) in [6.45, 7) is 4.20. The molecule has 0 unspecified atom stereocenters. The summed E-state index contributed by atoms with van der Waals surface area (Å²) in [4.78, 5) is 12.9. The van der Waals surface area contributed by atoms with Crippen LogP contribution in [0.3, 0.4) is 0 Å². The molecule has 1 N–H and O–H groups in total. The van der Waals surface area contributed by atoms with Crippen molar-refractivity contribution in [1.82, 2.24) is 14.3 Å². The van der Waals surface area contributed by atoms with Gasteiger partial charge in [-0.15, -0.1) is 0 Å². The first-order valence-corrected chi connectivity index (χ1v) is 12.9. The van der Waals surface area contributed by atoms with Gasteiger partial charge in [-0.1, -0.05) is 29.3 Å². The zero-order valence-electron chi connectivity index (χ0n) is 18.7. The minimum Gasteiger partial charge on any atom is -0.318 e. The Labute approximate surface area is 209 Å². The summed E-state index contributed by atoms with van der Waals surface area (Å²) in [6, 6.07) is 14.6. The van der Waals surface area contributed by atoms with Gasteiger partial charge < -0.3 is 4.57 Å². The zero-order valence-corrected chi connectivity index (χ0v) is 21.0. The normalized spacial score (nSPS) is 16.9. The van der Waals surface area contributed by atoms with Crippen molar-refractivity contribution in [2.45, 2.75) is 37.6 Å². The molecule has 0 saturated carbocycles. The molecule has 0 radical (unpaired) electrons. The summed E-state index contributed by atoms with van der Waals surface area (Å²) in [5.74, 6) is -0.463. The number of hydrogen-bond donors (Lipinski definition) is 1. The van der Waals surface area contributed by atoms with Crippen molar-refractivity contribution >= 4 is 45.3 Å². The first-order valence-electron chi connectivity index (χ1n) is 10.7. The van der Waals surface area contributed by atoms with Gasteiger partial charge in [-0.3, -0.25) is 4.79 Å². The molecule has 4 rings (SSSR count). The van der Waals surface area contributed by atoms with E-state index in [0.29, 0.717) is 22.9 Å². The Balaban J connectivity index is 1.49. The van der Waals surface area contributed by atoms with Crippen LogP contribution in [0.2, 0.25) is 10.0 Å². The maximum Gasteiger partial charge on any atom is 0.258 e. The molecule has 1 aromatic heterocycles. The highest BCUT2D eigenvalue weighted by atomic mass is 35.5. The molecule has 7 nitrogen and oxygen atoms in total. The summed E-state index contributed by atoms with van der Waals surface area (Å²) < 4.78 is 29.4. The standard InChI is InChI=1S/C24H24Cl2N4O3S/c1-16-13-18(17(2)30(16)21-6-3-5-20(26)14-21)15-27-28-24(31)23-7-4-12-29(23)34(32,33)22-10-8-19(25)9-11-22/h3,5-6,8-11,13-15,23H,4,7,12H2,1-2H3,(H,28,31)/b27-15-/t23-/m0/s1. The number of amides is 1. The molecule has 1 aliphatic heterocycles. The molecule has 1 aliphatic rings. The second kappa shape index (κ2) is 9.92. The number of hydrogen-bond acceptors (Lipinski definition) is 4. The van der Waals surface area contributed by atoms with Crippen LogP contribution in [0.4, 0.5) is 0 Å². The Morgan fingerprint density at radius 1 is 1.09 bits per heavy atom. The minimum atomic E-state index is -3.82. The molecule has 10 heteroatoms. The number of aromatic nitrogens is 1. The van der Waals surface area contributed by atoms with Crippen molar-refractivity contribution < 1.29 is 13.2 Å². The van der Waals surface area contributed by atoms with Crippen molar-refractivity contribution in [2.24, 2.45) is 5.10 Å². The number of hydrazone groups is 1. The fourth-order valence-corrected chi connectivity index (χ4v) is 6.17. The average Bonchev–Trinajstić information content (AvgIpc) is 3.39. The molecule has 3 aromatic rings. The number of halogens is 2. The molecule has 1 fully saturated rings. The lowest BCUT2D eigenvalue weighted by Crippen LogP contribution is -2.44. The van der Waals surface area contributed by atoms with E-state index >= 15 is 0 Å². The zero-order chi connectivity index (χ0) is 24.5. The van der Waals surface area contributed by atoms with Gasteiger partial charge in [0.2, 0.25) is 10.0 Å². The Morgan fingerprint density at radius 3 is 2.53 bits per heavy atom. The van der Waals surface area contributed by atoms with Gasteiger partial charge in [-0.25, -0.2) is 13.8 Å². The van der Waals surface area contributed by atoms with E-state index in [-0.39, 0.29) is 11.4 Å². The number of nitrogens with one attached hydrogen (secondary N) is 1. The van der Waals surface area contributed by atoms with E-state index in [2.05, 4.69) is 10.5 Å². The molecule has 34 heavy (non-hydrogen) atoms. The van der Waals surface area contributed by atoms with Gasteiger partial charge in [0.25, 0.3) is 5.91 Å². The Bertz CT molecular complexity index is 1350. The first-order chi connectivity index (χ1) is 16.2. The van der Waals surface area contributed by atoms with Crippen LogP contribution >= 0.6 is 23.2 Å². The quantitative estimate of drug-likeness (QED) is 0.379. The molecular formula is C24H24Cl2N4O3S. The molecule has 1 amide bonds. The largest absolute Gasteiger partial charge is 0.318 e.